The minimum atomic E-state index is -3.61. The Bertz CT molecular complexity index is 714. The van der Waals surface area contributed by atoms with Gasteiger partial charge in [-0.15, -0.1) is 0 Å². The maximum atomic E-state index is 13.1. The second kappa shape index (κ2) is 5.49. The van der Waals surface area contributed by atoms with Crippen LogP contribution in [0.25, 0.3) is 0 Å². The predicted octanol–water partition coefficient (Wildman–Crippen LogP) is 4.11. The molecule has 0 aliphatic heterocycles. The molecule has 0 unspecified atom stereocenters. The highest BCUT2D eigenvalue weighted by molar-refractivity contribution is 7.90. The van der Waals surface area contributed by atoms with Gasteiger partial charge >= 0.3 is 0 Å². The fourth-order valence-electron chi connectivity index (χ4n) is 1.59. The Morgan fingerprint density at radius 1 is 1.00 bits per heavy atom. The molecule has 0 heterocycles. The van der Waals surface area contributed by atoms with E-state index in [4.69, 9.17) is 23.2 Å². The van der Waals surface area contributed by atoms with Crippen LogP contribution in [0.15, 0.2) is 47.4 Å². The average Bonchev–Trinajstić information content (AvgIpc) is 2.33. The Kier molecular flexibility index (Phi) is 4.13. The molecule has 0 saturated heterocycles. The van der Waals surface area contributed by atoms with E-state index in [1.54, 1.807) is 6.07 Å². The molecular weight excluding hydrogens is 310 g/mol. The van der Waals surface area contributed by atoms with E-state index in [0.717, 1.165) is 6.07 Å². The zero-order valence-electron chi connectivity index (χ0n) is 9.61. The molecule has 6 heteroatoms. The molecule has 0 aromatic heterocycles. The molecule has 2 rings (SSSR count). The molecule has 100 valence electrons. The Hall–Kier alpha value is -1.10. The summed E-state index contributed by atoms with van der Waals surface area (Å²) in [5, 5.41) is 0.641. The first-order valence-corrected chi connectivity index (χ1v) is 7.71. The van der Waals surface area contributed by atoms with Crippen molar-refractivity contribution >= 4 is 33.0 Å². The van der Waals surface area contributed by atoms with Crippen molar-refractivity contribution in [2.45, 2.75) is 10.6 Å². The van der Waals surface area contributed by atoms with E-state index in [1.165, 1.54) is 30.3 Å². The molecule has 0 amide bonds. The lowest BCUT2D eigenvalue weighted by Gasteiger charge is -2.06. The number of hydrogen-bond donors (Lipinski definition) is 0. The number of benzene rings is 2. The van der Waals surface area contributed by atoms with Crippen molar-refractivity contribution < 1.29 is 12.8 Å². The maximum Gasteiger partial charge on any atom is 0.182 e. The molecule has 2 aromatic carbocycles. The van der Waals surface area contributed by atoms with E-state index in [9.17, 15) is 12.8 Å². The first-order valence-electron chi connectivity index (χ1n) is 5.31. The topological polar surface area (TPSA) is 34.1 Å². The van der Waals surface area contributed by atoms with Crippen LogP contribution < -0.4 is 0 Å². The molecule has 19 heavy (non-hydrogen) atoms. The van der Waals surface area contributed by atoms with Gasteiger partial charge in [-0.2, -0.15) is 0 Å². The van der Waals surface area contributed by atoms with Gasteiger partial charge in [0.05, 0.1) is 20.7 Å². The molecule has 0 N–H and O–H groups in total. The van der Waals surface area contributed by atoms with Gasteiger partial charge in [0.2, 0.25) is 0 Å². The van der Waals surface area contributed by atoms with Crippen molar-refractivity contribution in [3.8, 4) is 0 Å². The summed E-state index contributed by atoms with van der Waals surface area (Å²) in [4.78, 5) is -0.0569. The summed E-state index contributed by atoms with van der Waals surface area (Å²) in [5.41, 5.74) is 0.499. The third-order valence-electron chi connectivity index (χ3n) is 2.50. The summed E-state index contributed by atoms with van der Waals surface area (Å²) < 4.78 is 37.3. The van der Waals surface area contributed by atoms with E-state index < -0.39 is 15.7 Å². The van der Waals surface area contributed by atoms with Crippen LogP contribution in [0.1, 0.15) is 5.56 Å². The van der Waals surface area contributed by atoms with E-state index in [1.807, 2.05) is 0 Å². The fraction of sp³-hybridized carbons (Fsp3) is 0.0769. The molecule has 0 bridgehead atoms. The molecule has 0 fully saturated rings. The lowest BCUT2D eigenvalue weighted by atomic mass is 10.2. The van der Waals surface area contributed by atoms with Crippen LogP contribution in [0.3, 0.4) is 0 Å². The highest BCUT2D eigenvalue weighted by Crippen LogP contribution is 2.25. The van der Waals surface area contributed by atoms with Crippen LogP contribution in [-0.4, -0.2) is 8.42 Å². The average molecular weight is 319 g/mol. The summed E-state index contributed by atoms with van der Waals surface area (Å²) >= 11 is 11.6. The lowest BCUT2D eigenvalue weighted by molar-refractivity contribution is 0.590. The second-order valence-electron chi connectivity index (χ2n) is 3.96. The van der Waals surface area contributed by atoms with Gasteiger partial charge in [0.25, 0.3) is 0 Å². The molecule has 2 nitrogen and oxygen atoms in total. The van der Waals surface area contributed by atoms with Crippen LogP contribution in [0, 0.1) is 5.82 Å². The number of sulfone groups is 1. The van der Waals surface area contributed by atoms with Crippen LogP contribution in [-0.2, 0) is 15.6 Å². The van der Waals surface area contributed by atoms with Gasteiger partial charge in [-0.05, 0) is 35.9 Å². The van der Waals surface area contributed by atoms with Crippen molar-refractivity contribution in [3.05, 3.63) is 63.9 Å². The van der Waals surface area contributed by atoms with Gasteiger partial charge < -0.3 is 0 Å². The minimum Gasteiger partial charge on any atom is -0.223 e. The van der Waals surface area contributed by atoms with E-state index >= 15 is 0 Å². The molecule has 0 atom stereocenters. The Morgan fingerprint density at radius 3 is 2.37 bits per heavy atom. The number of hydrogen-bond acceptors (Lipinski definition) is 2. The third kappa shape index (κ3) is 3.47. The highest BCUT2D eigenvalue weighted by Gasteiger charge is 2.16. The van der Waals surface area contributed by atoms with Gasteiger partial charge in [0, 0.05) is 0 Å². The normalized spacial score (nSPS) is 11.5. The molecule has 0 saturated carbocycles. The molecular formula is C13H9Cl2FO2S. The molecule has 0 spiro atoms. The zero-order valence-corrected chi connectivity index (χ0v) is 11.9. The standard InChI is InChI=1S/C13H9Cl2FO2S/c14-12-5-4-9(6-13(12)15)8-19(17,18)11-3-1-2-10(16)7-11/h1-7H,8H2. The van der Waals surface area contributed by atoms with Crippen LogP contribution in [0.2, 0.25) is 10.0 Å². The quantitative estimate of drug-likeness (QED) is 0.853. The number of rotatable bonds is 3. The summed E-state index contributed by atoms with van der Waals surface area (Å²) in [6.45, 7) is 0. The summed E-state index contributed by atoms with van der Waals surface area (Å²) in [7, 11) is -3.61. The third-order valence-corrected chi connectivity index (χ3v) is 4.92. The first kappa shape index (κ1) is 14.3. The van der Waals surface area contributed by atoms with Crippen LogP contribution in [0.4, 0.5) is 4.39 Å². The zero-order chi connectivity index (χ0) is 14.0. The van der Waals surface area contributed by atoms with Crippen LogP contribution in [0.5, 0.6) is 0 Å². The smallest absolute Gasteiger partial charge is 0.182 e. The minimum absolute atomic E-state index is 0.0569. The van der Waals surface area contributed by atoms with Gasteiger partial charge in [-0.1, -0.05) is 35.3 Å². The van der Waals surface area contributed by atoms with Gasteiger partial charge in [0.1, 0.15) is 5.82 Å². The SMILES string of the molecule is O=S(=O)(Cc1ccc(Cl)c(Cl)c1)c1cccc(F)c1. The van der Waals surface area contributed by atoms with Crippen molar-refractivity contribution in [1.29, 1.82) is 0 Å². The fourth-order valence-corrected chi connectivity index (χ4v) is 3.28. The Balaban J connectivity index is 2.33. The molecule has 0 aliphatic carbocycles. The van der Waals surface area contributed by atoms with E-state index in [-0.39, 0.29) is 15.7 Å². The largest absolute Gasteiger partial charge is 0.223 e. The van der Waals surface area contributed by atoms with E-state index in [0.29, 0.717) is 10.6 Å². The van der Waals surface area contributed by atoms with Gasteiger partial charge in [0.15, 0.2) is 9.84 Å². The van der Waals surface area contributed by atoms with Crippen LogP contribution >= 0.6 is 23.2 Å². The Morgan fingerprint density at radius 2 is 1.74 bits per heavy atom. The molecule has 0 radical (unpaired) electrons. The monoisotopic (exact) mass is 318 g/mol. The summed E-state index contributed by atoms with van der Waals surface area (Å²) in [6.07, 6.45) is 0. The van der Waals surface area contributed by atoms with E-state index in [2.05, 4.69) is 0 Å². The lowest BCUT2D eigenvalue weighted by Crippen LogP contribution is -2.05. The van der Waals surface area contributed by atoms with Crippen molar-refractivity contribution in [2.75, 3.05) is 0 Å². The maximum absolute atomic E-state index is 13.1. The molecule has 2 aromatic rings. The molecule has 0 aliphatic rings. The van der Waals surface area contributed by atoms with Crippen molar-refractivity contribution in [3.63, 3.8) is 0 Å². The van der Waals surface area contributed by atoms with Crippen molar-refractivity contribution in [1.82, 2.24) is 0 Å². The van der Waals surface area contributed by atoms with Gasteiger partial charge in [-0.25, -0.2) is 12.8 Å². The predicted molar refractivity (Wildman–Crippen MR) is 73.8 cm³/mol. The van der Waals surface area contributed by atoms with Crippen molar-refractivity contribution in [2.24, 2.45) is 0 Å². The highest BCUT2D eigenvalue weighted by atomic mass is 35.5. The Labute approximate surface area is 120 Å². The summed E-state index contributed by atoms with van der Waals surface area (Å²) in [6, 6.07) is 9.49. The number of halogens is 3. The van der Waals surface area contributed by atoms with Gasteiger partial charge in [-0.3, -0.25) is 0 Å². The first-order chi connectivity index (χ1) is 8.88. The second-order valence-corrected chi connectivity index (χ2v) is 6.77. The summed E-state index contributed by atoms with van der Waals surface area (Å²) in [5.74, 6) is -0.844.